The maximum Gasteiger partial charge on any atom is 0.420 e. The highest BCUT2D eigenvalue weighted by atomic mass is 35.5. The molecule has 0 radical (unpaired) electrons. The minimum Gasteiger partial charge on any atom is -0.440 e. The molecule has 5 rings (SSSR count). The third kappa shape index (κ3) is 3.19. The molecule has 0 N–H and O–H groups in total. The molecule has 4 aromatic rings. The number of carbonyl (C=O) groups is 1. The van der Waals surface area contributed by atoms with E-state index in [0.29, 0.717) is 40.7 Å². The number of hydrogen-bond acceptors (Lipinski definition) is 5. The van der Waals surface area contributed by atoms with Gasteiger partial charge < -0.3 is 13.7 Å². The molecule has 1 atom stereocenters. The van der Waals surface area contributed by atoms with Crippen LogP contribution in [0.25, 0.3) is 22.2 Å². The lowest BCUT2D eigenvalue weighted by Gasteiger charge is -2.32. The first kappa shape index (κ1) is 18.9. The van der Waals surface area contributed by atoms with Crippen LogP contribution < -0.4 is 5.76 Å². The molecule has 0 spiro atoms. The lowest BCUT2D eigenvalue weighted by atomic mass is 9.96. The minimum absolute atomic E-state index is 0.0912. The number of aromatic nitrogens is 2. The topological polar surface area (TPSA) is 81.5 Å². The van der Waals surface area contributed by atoms with Crippen molar-refractivity contribution in [1.82, 2.24) is 14.5 Å². The van der Waals surface area contributed by atoms with Gasteiger partial charge in [0.25, 0.3) is 0 Å². The zero-order valence-electron chi connectivity index (χ0n) is 16.4. The van der Waals surface area contributed by atoms with Crippen LogP contribution in [-0.4, -0.2) is 33.4 Å². The van der Waals surface area contributed by atoms with E-state index in [0.717, 1.165) is 18.4 Å². The fraction of sp³-hybridized carbons (Fsp3) is 0.318. The Bertz CT molecular complexity index is 1300. The van der Waals surface area contributed by atoms with Crippen molar-refractivity contribution < 1.29 is 13.6 Å². The summed E-state index contributed by atoms with van der Waals surface area (Å²) in [4.78, 5) is 31.8. The minimum atomic E-state index is -0.635. The summed E-state index contributed by atoms with van der Waals surface area (Å²) in [6.45, 7) is 2.90. The number of piperidine rings is 1. The van der Waals surface area contributed by atoms with Crippen LogP contribution in [0.3, 0.4) is 0 Å². The highest BCUT2D eigenvalue weighted by Crippen LogP contribution is 2.31. The molecule has 1 aliphatic heterocycles. The zero-order valence-corrected chi connectivity index (χ0v) is 17.1. The van der Waals surface area contributed by atoms with Crippen LogP contribution >= 0.6 is 11.6 Å². The Morgan fingerprint density at radius 1 is 1.13 bits per heavy atom. The molecule has 0 bridgehead atoms. The van der Waals surface area contributed by atoms with Gasteiger partial charge in [-0.05, 0) is 50.1 Å². The summed E-state index contributed by atoms with van der Waals surface area (Å²) in [5.41, 5.74) is 2.57. The van der Waals surface area contributed by atoms with Gasteiger partial charge in [0.05, 0.1) is 5.52 Å². The predicted octanol–water partition coefficient (Wildman–Crippen LogP) is 4.36. The number of amides is 1. The fourth-order valence-corrected chi connectivity index (χ4v) is 4.33. The summed E-state index contributed by atoms with van der Waals surface area (Å²) < 4.78 is 12.6. The van der Waals surface area contributed by atoms with E-state index in [1.54, 1.807) is 42.2 Å². The summed E-state index contributed by atoms with van der Waals surface area (Å²) in [7, 11) is 0. The normalized spacial score (nSPS) is 16.4. The SMILES string of the molecule is CC(C(=O)N1CCC(c2nc3cc(Cl)ccc3o2)CC1)n1c(=O)oc2ccccc21. The first-order valence-electron chi connectivity index (χ1n) is 9.96. The van der Waals surface area contributed by atoms with Crippen molar-refractivity contribution in [3.8, 4) is 0 Å². The summed E-state index contributed by atoms with van der Waals surface area (Å²) in [6, 6.07) is 11.9. The van der Waals surface area contributed by atoms with E-state index in [9.17, 15) is 9.59 Å². The smallest absolute Gasteiger partial charge is 0.420 e. The van der Waals surface area contributed by atoms with Gasteiger partial charge >= 0.3 is 5.76 Å². The monoisotopic (exact) mass is 425 g/mol. The van der Waals surface area contributed by atoms with Crippen molar-refractivity contribution in [3.63, 3.8) is 0 Å². The molecule has 8 heteroatoms. The summed E-state index contributed by atoms with van der Waals surface area (Å²) in [5, 5.41) is 0.624. The number of halogens is 1. The van der Waals surface area contributed by atoms with E-state index in [-0.39, 0.29) is 11.8 Å². The molecule has 1 amide bonds. The second-order valence-corrected chi connectivity index (χ2v) is 8.08. The Labute approximate surface area is 176 Å². The van der Waals surface area contributed by atoms with Crippen LogP contribution in [0.2, 0.25) is 5.02 Å². The lowest BCUT2D eigenvalue weighted by molar-refractivity contribution is -0.135. The van der Waals surface area contributed by atoms with Gasteiger partial charge in [-0.2, -0.15) is 0 Å². The third-order valence-corrected chi connectivity index (χ3v) is 6.02. The quantitative estimate of drug-likeness (QED) is 0.487. The van der Waals surface area contributed by atoms with Crippen LogP contribution in [0.1, 0.15) is 37.6 Å². The van der Waals surface area contributed by atoms with Crippen LogP contribution in [0, 0.1) is 0 Å². The van der Waals surface area contributed by atoms with Crippen molar-refractivity contribution in [3.05, 3.63) is 63.9 Å². The Morgan fingerprint density at radius 2 is 1.90 bits per heavy atom. The van der Waals surface area contributed by atoms with E-state index in [1.165, 1.54) is 4.57 Å². The number of likely N-dealkylation sites (tertiary alicyclic amines) is 1. The Hall–Kier alpha value is -3.06. The molecular weight excluding hydrogens is 406 g/mol. The molecule has 3 heterocycles. The van der Waals surface area contributed by atoms with Crippen LogP contribution in [0.15, 0.2) is 56.1 Å². The predicted molar refractivity (Wildman–Crippen MR) is 113 cm³/mol. The largest absolute Gasteiger partial charge is 0.440 e. The first-order chi connectivity index (χ1) is 14.5. The second kappa shape index (κ2) is 7.32. The number of oxazole rings is 2. The summed E-state index contributed by atoms with van der Waals surface area (Å²) >= 11 is 6.03. The van der Waals surface area contributed by atoms with Crippen molar-refractivity contribution in [1.29, 1.82) is 0 Å². The molecule has 30 heavy (non-hydrogen) atoms. The van der Waals surface area contributed by atoms with E-state index >= 15 is 0 Å². The van der Waals surface area contributed by atoms with E-state index < -0.39 is 11.8 Å². The van der Waals surface area contributed by atoms with E-state index in [4.69, 9.17) is 20.4 Å². The van der Waals surface area contributed by atoms with Gasteiger partial charge in [-0.25, -0.2) is 9.78 Å². The number of benzene rings is 2. The van der Waals surface area contributed by atoms with Gasteiger partial charge in [0.2, 0.25) is 5.91 Å². The third-order valence-electron chi connectivity index (χ3n) is 5.79. The molecule has 7 nitrogen and oxygen atoms in total. The molecule has 0 aliphatic carbocycles. The molecule has 1 fully saturated rings. The van der Waals surface area contributed by atoms with Gasteiger partial charge in [-0.15, -0.1) is 0 Å². The van der Waals surface area contributed by atoms with Gasteiger partial charge in [-0.1, -0.05) is 23.7 Å². The second-order valence-electron chi connectivity index (χ2n) is 7.65. The number of nitrogens with zero attached hydrogens (tertiary/aromatic N) is 3. The number of para-hydroxylation sites is 2. The van der Waals surface area contributed by atoms with Gasteiger partial charge in [-0.3, -0.25) is 9.36 Å². The number of fused-ring (bicyclic) bond motifs is 2. The molecule has 0 saturated carbocycles. The van der Waals surface area contributed by atoms with Crippen molar-refractivity contribution in [2.24, 2.45) is 0 Å². The fourth-order valence-electron chi connectivity index (χ4n) is 4.17. The van der Waals surface area contributed by atoms with Crippen molar-refractivity contribution in [2.75, 3.05) is 13.1 Å². The van der Waals surface area contributed by atoms with Crippen LogP contribution in [-0.2, 0) is 4.79 Å². The Morgan fingerprint density at radius 3 is 2.70 bits per heavy atom. The first-order valence-corrected chi connectivity index (χ1v) is 10.3. The highest BCUT2D eigenvalue weighted by Gasteiger charge is 2.31. The van der Waals surface area contributed by atoms with Gasteiger partial charge in [0.1, 0.15) is 11.6 Å². The molecule has 2 aromatic carbocycles. The molecule has 2 aromatic heterocycles. The molecular formula is C22H20ClN3O4. The average molecular weight is 426 g/mol. The maximum absolute atomic E-state index is 13.1. The van der Waals surface area contributed by atoms with Gasteiger partial charge in [0, 0.05) is 24.0 Å². The maximum atomic E-state index is 13.1. The average Bonchev–Trinajstić information content (AvgIpc) is 3.32. The van der Waals surface area contributed by atoms with Crippen molar-refractivity contribution >= 4 is 39.7 Å². The highest BCUT2D eigenvalue weighted by molar-refractivity contribution is 6.31. The van der Waals surface area contributed by atoms with Gasteiger partial charge in [0.15, 0.2) is 17.1 Å². The molecule has 1 unspecified atom stereocenters. The number of rotatable bonds is 3. The zero-order chi connectivity index (χ0) is 20.8. The Kier molecular flexibility index (Phi) is 4.62. The number of carbonyl (C=O) groups excluding carboxylic acids is 1. The van der Waals surface area contributed by atoms with E-state index in [1.807, 2.05) is 12.1 Å². The van der Waals surface area contributed by atoms with E-state index in [2.05, 4.69) is 4.98 Å². The molecule has 154 valence electrons. The number of hydrogen-bond donors (Lipinski definition) is 0. The standard InChI is InChI=1S/C22H20ClN3O4/c1-13(26-17-4-2-3-5-19(17)30-22(26)28)21(27)25-10-8-14(9-11-25)20-24-16-12-15(23)6-7-18(16)29-20/h2-7,12-14H,8-11H2,1H3. The lowest BCUT2D eigenvalue weighted by Crippen LogP contribution is -2.42. The molecule has 1 aliphatic rings. The van der Waals surface area contributed by atoms with Crippen LogP contribution in [0.5, 0.6) is 0 Å². The molecule has 1 saturated heterocycles. The van der Waals surface area contributed by atoms with Crippen molar-refractivity contribution in [2.45, 2.75) is 31.7 Å². The summed E-state index contributed by atoms with van der Waals surface area (Å²) in [6.07, 6.45) is 1.50. The van der Waals surface area contributed by atoms with Crippen LogP contribution in [0.4, 0.5) is 0 Å². The summed E-state index contributed by atoms with van der Waals surface area (Å²) in [5.74, 6) is 0.223. The Balaban J connectivity index is 1.31.